The molecule has 0 atom stereocenters. The Bertz CT molecular complexity index is 666. The van der Waals surface area contributed by atoms with Gasteiger partial charge in [-0.25, -0.2) is 15.0 Å². The molecule has 0 spiro atoms. The minimum Gasteiger partial charge on any atom is -0.332 e. The second-order valence-electron chi connectivity index (χ2n) is 3.57. The fraction of sp³-hybridized carbons (Fsp3) is 0.0909. The molecule has 0 bridgehead atoms. The first kappa shape index (κ1) is 10.5. The molecule has 3 aromatic rings. The molecule has 3 heterocycles. The predicted molar refractivity (Wildman–Crippen MR) is 61.1 cm³/mol. The van der Waals surface area contributed by atoms with Gasteiger partial charge in [-0.05, 0) is 12.5 Å². The number of aryl methyl sites for hydroxylation is 1. The molecule has 7 heteroatoms. The highest BCUT2D eigenvalue weighted by molar-refractivity contribution is 5.56. The van der Waals surface area contributed by atoms with E-state index < -0.39 is 0 Å². The first-order chi connectivity index (χ1) is 8.84. The normalized spacial score (nSPS) is 10.5. The van der Waals surface area contributed by atoms with Crippen molar-refractivity contribution < 1.29 is 4.52 Å². The van der Waals surface area contributed by atoms with Crippen LogP contribution in [0.15, 0.2) is 35.6 Å². The third-order valence-electron chi connectivity index (χ3n) is 2.32. The lowest BCUT2D eigenvalue weighted by molar-refractivity contribution is 0.430. The molecule has 0 fully saturated rings. The molecule has 3 rings (SSSR count). The van der Waals surface area contributed by atoms with E-state index in [4.69, 9.17) is 4.52 Å². The smallest absolute Gasteiger partial charge is 0.278 e. The maximum atomic E-state index is 5.14. The molecule has 7 nitrogen and oxygen atoms in total. The summed E-state index contributed by atoms with van der Waals surface area (Å²) in [4.78, 5) is 20.3. The quantitative estimate of drug-likeness (QED) is 0.666. The van der Waals surface area contributed by atoms with Gasteiger partial charge in [0.25, 0.3) is 5.89 Å². The van der Waals surface area contributed by atoms with Gasteiger partial charge in [0.15, 0.2) is 0 Å². The van der Waals surface area contributed by atoms with Gasteiger partial charge >= 0.3 is 0 Å². The highest BCUT2D eigenvalue weighted by Crippen LogP contribution is 2.20. The van der Waals surface area contributed by atoms with Crippen LogP contribution in [0, 0.1) is 6.92 Å². The first-order valence-electron chi connectivity index (χ1n) is 5.21. The van der Waals surface area contributed by atoms with Gasteiger partial charge in [-0.2, -0.15) is 4.98 Å². The van der Waals surface area contributed by atoms with Crippen molar-refractivity contribution >= 4 is 0 Å². The van der Waals surface area contributed by atoms with Gasteiger partial charge in [0.05, 0.1) is 6.20 Å². The highest BCUT2D eigenvalue weighted by atomic mass is 16.5. The monoisotopic (exact) mass is 240 g/mol. The van der Waals surface area contributed by atoms with E-state index in [1.54, 1.807) is 24.8 Å². The van der Waals surface area contributed by atoms with Crippen LogP contribution in [0.4, 0.5) is 0 Å². The highest BCUT2D eigenvalue weighted by Gasteiger charge is 2.14. The van der Waals surface area contributed by atoms with Crippen LogP contribution in [0.25, 0.3) is 23.1 Å². The van der Waals surface area contributed by atoms with Crippen LogP contribution in [0.5, 0.6) is 0 Å². The average Bonchev–Trinajstić information content (AvgIpc) is 2.90. The van der Waals surface area contributed by atoms with E-state index in [0.717, 1.165) is 5.56 Å². The molecule has 18 heavy (non-hydrogen) atoms. The summed E-state index contributed by atoms with van der Waals surface area (Å²) in [7, 11) is 0. The van der Waals surface area contributed by atoms with Crippen molar-refractivity contribution in [2.75, 3.05) is 0 Å². The lowest BCUT2D eigenvalue weighted by Crippen LogP contribution is -1.91. The molecule has 0 aromatic carbocycles. The van der Waals surface area contributed by atoms with E-state index in [9.17, 15) is 0 Å². The molecule has 0 N–H and O–H groups in total. The number of aromatic nitrogens is 6. The van der Waals surface area contributed by atoms with E-state index in [-0.39, 0.29) is 0 Å². The third kappa shape index (κ3) is 1.81. The number of rotatable bonds is 2. The Hall–Kier alpha value is -2.70. The average molecular weight is 240 g/mol. The van der Waals surface area contributed by atoms with Gasteiger partial charge in [0, 0.05) is 18.6 Å². The van der Waals surface area contributed by atoms with Gasteiger partial charge in [-0.1, -0.05) is 5.16 Å². The fourth-order valence-corrected chi connectivity index (χ4v) is 1.47. The van der Waals surface area contributed by atoms with Gasteiger partial charge in [-0.15, -0.1) is 0 Å². The topological polar surface area (TPSA) is 90.5 Å². The molecular weight excluding hydrogens is 232 g/mol. The van der Waals surface area contributed by atoms with E-state index in [1.807, 2.05) is 6.92 Å². The van der Waals surface area contributed by atoms with Crippen molar-refractivity contribution in [2.24, 2.45) is 0 Å². The van der Waals surface area contributed by atoms with Crippen molar-refractivity contribution in [1.82, 2.24) is 30.1 Å². The molecule has 0 aliphatic heterocycles. The molecule has 3 aromatic heterocycles. The molecule has 0 aliphatic carbocycles. The maximum Gasteiger partial charge on any atom is 0.278 e. The standard InChI is InChI=1S/C11H8N6O/c1-7-4-13-6-15-9(7)10-16-11(18-17-10)8-5-12-2-3-14-8/h2-6H,1H3. The largest absolute Gasteiger partial charge is 0.332 e. The van der Waals surface area contributed by atoms with E-state index in [0.29, 0.717) is 23.1 Å². The Labute approximate surface area is 102 Å². The first-order valence-corrected chi connectivity index (χ1v) is 5.21. The number of hydrogen-bond acceptors (Lipinski definition) is 7. The van der Waals surface area contributed by atoms with E-state index >= 15 is 0 Å². The molecule has 0 amide bonds. The van der Waals surface area contributed by atoms with E-state index in [2.05, 4.69) is 30.1 Å². The molecular formula is C11H8N6O. The summed E-state index contributed by atoms with van der Waals surface area (Å²) in [6.45, 7) is 1.88. The minimum absolute atomic E-state index is 0.316. The van der Waals surface area contributed by atoms with Crippen molar-refractivity contribution in [3.05, 3.63) is 36.7 Å². The Kier molecular flexibility index (Phi) is 2.49. The SMILES string of the molecule is Cc1cncnc1-c1noc(-c2cnccn2)n1. The van der Waals surface area contributed by atoms with Gasteiger partial charge < -0.3 is 4.52 Å². The Morgan fingerprint density at radius 2 is 2.00 bits per heavy atom. The van der Waals surface area contributed by atoms with Crippen molar-refractivity contribution in [2.45, 2.75) is 6.92 Å². The van der Waals surface area contributed by atoms with Crippen LogP contribution in [0.1, 0.15) is 5.56 Å². The predicted octanol–water partition coefficient (Wildman–Crippen LogP) is 1.29. The summed E-state index contributed by atoms with van der Waals surface area (Å²) in [6.07, 6.45) is 7.84. The minimum atomic E-state index is 0.316. The lowest BCUT2D eigenvalue weighted by atomic mass is 10.2. The Morgan fingerprint density at radius 3 is 2.78 bits per heavy atom. The summed E-state index contributed by atoms with van der Waals surface area (Å²) in [5.41, 5.74) is 2.05. The van der Waals surface area contributed by atoms with Crippen LogP contribution in [0.2, 0.25) is 0 Å². The van der Waals surface area contributed by atoms with Crippen LogP contribution < -0.4 is 0 Å². The van der Waals surface area contributed by atoms with Crippen LogP contribution >= 0.6 is 0 Å². The van der Waals surface area contributed by atoms with Crippen LogP contribution in [-0.4, -0.2) is 30.1 Å². The summed E-state index contributed by atoms with van der Waals surface area (Å²) < 4.78 is 5.14. The summed E-state index contributed by atoms with van der Waals surface area (Å²) in [6, 6.07) is 0. The Balaban J connectivity index is 2.03. The van der Waals surface area contributed by atoms with Crippen molar-refractivity contribution in [3.8, 4) is 23.1 Å². The maximum absolute atomic E-state index is 5.14. The lowest BCUT2D eigenvalue weighted by Gasteiger charge is -1.95. The molecule has 88 valence electrons. The van der Waals surface area contributed by atoms with Gasteiger partial charge in [0.2, 0.25) is 5.82 Å². The molecule has 0 saturated heterocycles. The van der Waals surface area contributed by atoms with E-state index in [1.165, 1.54) is 6.33 Å². The van der Waals surface area contributed by atoms with Crippen LogP contribution in [-0.2, 0) is 0 Å². The second kappa shape index (κ2) is 4.28. The zero-order chi connectivity index (χ0) is 12.4. The molecule has 0 saturated carbocycles. The summed E-state index contributed by atoms with van der Waals surface area (Å²) in [5.74, 6) is 0.728. The molecule has 0 aliphatic rings. The Morgan fingerprint density at radius 1 is 1.06 bits per heavy atom. The van der Waals surface area contributed by atoms with Gasteiger partial charge in [0.1, 0.15) is 17.7 Å². The number of hydrogen-bond donors (Lipinski definition) is 0. The second-order valence-corrected chi connectivity index (χ2v) is 3.57. The fourth-order valence-electron chi connectivity index (χ4n) is 1.47. The zero-order valence-corrected chi connectivity index (χ0v) is 9.48. The third-order valence-corrected chi connectivity index (χ3v) is 2.32. The number of nitrogens with zero attached hydrogens (tertiary/aromatic N) is 6. The van der Waals surface area contributed by atoms with Gasteiger partial charge in [-0.3, -0.25) is 4.98 Å². The zero-order valence-electron chi connectivity index (χ0n) is 9.48. The summed E-state index contributed by atoms with van der Waals surface area (Å²) in [5, 5.41) is 3.88. The molecule has 0 radical (unpaired) electrons. The molecule has 0 unspecified atom stereocenters. The van der Waals surface area contributed by atoms with Crippen LogP contribution in [0.3, 0.4) is 0 Å². The van der Waals surface area contributed by atoms with Crippen molar-refractivity contribution in [3.63, 3.8) is 0 Å². The van der Waals surface area contributed by atoms with Crippen molar-refractivity contribution in [1.29, 1.82) is 0 Å². The summed E-state index contributed by atoms with van der Waals surface area (Å²) >= 11 is 0.